The van der Waals surface area contributed by atoms with E-state index in [1.165, 1.54) is 28.9 Å². The average Bonchev–Trinajstić information content (AvgIpc) is 3.77. The lowest BCUT2D eigenvalue weighted by Crippen LogP contribution is -2.56. The molecule has 5 rings (SSSR count). The van der Waals surface area contributed by atoms with Gasteiger partial charge in [-0.15, -0.1) is 0 Å². The molecule has 3 saturated heterocycles. The molecule has 59 heavy (non-hydrogen) atoms. The number of hydrogen-bond donors (Lipinski definition) is 4. The molecule has 3 fully saturated rings. The molecule has 3 aliphatic heterocycles. The molecular formula is C36H46N8O14S. The van der Waals surface area contributed by atoms with Gasteiger partial charge in [0.05, 0.1) is 46.7 Å². The first kappa shape index (κ1) is 45.4. The van der Waals surface area contributed by atoms with Crippen LogP contribution in [-0.4, -0.2) is 157 Å². The summed E-state index contributed by atoms with van der Waals surface area (Å²) < 4.78 is 51.0. The summed E-state index contributed by atoms with van der Waals surface area (Å²) in [5, 5.41) is 20.1. The van der Waals surface area contributed by atoms with Crippen molar-refractivity contribution in [3.8, 4) is 0 Å². The standard InChI is InChI=1S/C22H29N5O7.C14H17N3O7S/c1-4-33-20(29)14(2)26-10-9-25(13-18(26)28)11-17-12-27(22(31)34-17)16-7-5-15(6-8-16)19(23)24-21(30)32-3;1-22-13(18)16-12(15)9-3-5-10(6-4-9)17-7-11(24-14(17)19)8-23-25(2,20)21/h5-8,14,17H,4,9-13H2,1-3H3,(H2,23,24,30);3-6,11H,7-8H2,1-2H3,(H2,15,16,18). The maximum Gasteiger partial charge on any atom is 0.414 e. The summed E-state index contributed by atoms with van der Waals surface area (Å²) in [7, 11) is -1.22. The Morgan fingerprint density at radius 1 is 0.814 bits per heavy atom. The summed E-state index contributed by atoms with van der Waals surface area (Å²) in [6.07, 6.45) is -2.84. The van der Waals surface area contributed by atoms with E-state index in [1.807, 2.05) is 4.90 Å². The van der Waals surface area contributed by atoms with Gasteiger partial charge in [0.15, 0.2) is 0 Å². The van der Waals surface area contributed by atoms with E-state index in [2.05, 4.69) is 24.3 Å². The Kier molecular flexibility index (Phi) is 15.7. The first-order valence-electron chi connectivity index (χ1n) is 18.0. The van der Waals surface area contributed by atoms with Crippen LogP contribution in [0.1, 0.15) is 25.0 Å². The molecule has 2 aromatic carbocycles. The van der Waals surface area contributed by atoms with Crippen LogP contribution < -0.4 is 20.4 Å². The number of alkyl carbamates (subject to hydrolysis) is 2. The van der Waals surface area contributed by atoms with Gasteiger partial charge in [-0.2, -0.15) is 8.42 Å². The van der Waals surface area contributed by atoms with Gasteiger partial charge in [0.2, 0.25) is 5.91 Å². The first-order chi connectivity index (χ1) is 27.9. The lowest BCUT2D eigenvalue weighted by Gasteiger charge is -2.37. The molecule has 3 aliphatic rings. The lowest BCUT2D eigenvalue weighted by molar-refractivity contribution is -0.156. The molecule has 22 nitrogen and oxygen atoms in total. The molecule has 0 spiro atoms. The Morgan fingerprint density at radius 2 is 1.29 bits per heavy atom. The fourth-order valence-corrected chi connectivity index (χ4v) is 6.29. The van der Waals surface area contributed by atoms with Gasteiger partial charge in [-0.05, 0) is 62.4 Å². The van der Waals surface area contributed by atoms with Crippen molar-refractivity contribution in [1.82, 2.24) is 20.4 Å². The van der Waals surface area contributed by atoms with E-state index in [1.54, 1.807) is 62.4 Å². The van der Waals surface area contributed by atoms with Crippen LogP contribution in [0.4, 0.5) is 30.6 Å². The highest BCUT2D eigenvalue weighted by Gasteiger charge is 2.37. The number of hydrogen-bond acceptors (Lipinski definition) is 17. The van der Waals surface area contributed by atoms with Crippen molar-refractivity contribution in [1.29, 1.82) is 10.8 Å². The van der Waals surface area contributed by atoms with Crippen molar-refractivity contribution in [2.45, 2.75) is 32.1 Å². The van der Waals surface area contributed by atoms with Crippen LogP contribution in [0.15, 0.2) is 48.5 Å². The molecule has 0 aliphatic carbocycles. The maximum absolute atomic E-state index is 12.6. The molecule has 3 unspecified atom stereocenters. The van der Waals surface area contributed by atoms with Crippen molar-refractivity contribution < 1.29 is 65.1 Å². The SMILES string of the molecule is CCOC(=O)C(C)N1CCN(CC2CN(c3ccc(C(=N)NC(=O)OC)cc3)C(=O)O2)CC1=O.COC(=O)NC(=N)c1ccc(N2CC(COS(C)(=O)=O)OC2=O)cc1. The van der Waals surface area contributed by atoms with Gasteiger partial charge in [-0.1, -0.05) is 0 Å². The predicted octanol–water partition coefficient (Wildman–Crippen LogP) is 1.46. The highest BCUT2D eigenvalue weighted by molar-refractivity contribution is 7.85. The van der Waals surface area contributed by atoms with Crippen molar-refractivity contribution >= 4 is 69.4 Å². The van der Waals surface area contributed by atoms with E-state index in [-0.39, 0.29) is 43.9 Å². The van der Waals surface area contributed by atoms with Crippen LogP contribution in [-0.2, 0) is 47.6 Å². The number of piperazine rings is 1. The summed E-state index contributed by atoms with van der Waals surface area (Å²) in [4.78, 5) is 77.4. The minimum atomic E-state index is -3.62. The molecule has 5 amide bonds. The number of rotatable bonds is 12. The summed E-state index contributed by atoms with van der Waals surface area (Å²) in [6, 6.07) is 12.1. The topological polar surface area (TPSA) is 277 Å². The van der Waals surface area contributed by atoms with E-state index in [0.29, 0.717) is 48.7 Å². The number of anilines is 2. The zero-order valence-corrected chi connectivity index (χ0v) is 33.7. The van der Waals surface area contributed by atoms with E-state index < -0.39 is 58.7 Å². The number of cyclic esters (lactones) is 2. The Labute approximate surface area is 339 Å². The smallest absolute Gasteiger partial charge is 0.414 e. The van der Waals surface area contributed by atoms with Crippen LogP contribution in [0.25, 0.3) is 0 Å². The number of amidine groups is 2. The largest absolute Gasteiger partial charge is 0.464 e. The highest BCUT2D eigenvalue weighted by Crippen LogP contribution is 2.24. The molecule has 0 saturated carbocycles. The predicted molar refractivity (Wildman–Crippen MR) is 208 cm³/mol. The third kappa shape index (κ3) is 12.8. The Hall–Kier alpha value is -6.33. The average molecular weight is 847 g/mol. The molecule has 4 N–H and O–H groups in total. The quantitative estimate of drug-likeness (QED) is 0.0774. The zero-order chi connectivity index (χ0) is 43.4. The first-order valence-corrected chi connectivity index (χ1v) is 19.8. The second kappa shape index (κ2) is 20.4. The van der Waals surface area contributed by atoms with E-state index >= 15 is 0 Å². The van der Waals surface area contributed by atoms with Crippen LogP contribution in [0.2, 0.25) is 0 Å². The number of ether oxygens (including phenoxy) is 5. The van der Waals surface area contributed by atoms with Crippen molar-refractivity contribution in [3.63, 3.8) is 0 Å². The molecule has 23 heteroatoms. The van der Waals surface area contributed by atoms with Crippen LogP contribution in [0, 0.1) is 10.8 Å². The van der Waals surface area contributed by atoms with Gasteiger partial charge < -0.3 is 28.6 Å². The molecule has 0 bridgehead atoms. The number of nitrogens with one attached hydrogen (secondary N) is 4. The van der Waals surface area contributed by atoms with Crippen LogP contribution >= 0.6 is 0 Å². The van der Waals surface area contributed by atoms with E-state index in [4.69, 9.17) is 25.0 Å². The third-order valence-electron chi connectivity index (χ3n) is 8.87. The molecule has 3 heterocycles. The lowest BCUT2D eigenvalue weighted by atomic mass is 10.1. The van der Waals surface area contributed by atoms with Gasteiger partial charge in [0.25, 0.3) is 10.1 Å². The third-order valence-corrected chi connectivity index (χ3v) is 9.43. The summed E-state index contributed by atoms with van der Waals surface area (Å²) in [5.74, 6) is -0.873. The van der Waals surface area contributed by atoms with Crippen molar-refractivity contribution in [3.05, 3.63) is 59.7 Å². The second-order valence-corrected chi connectivity index (χ2v) is 14.7. The number of methoxy groups -OCH3 is 2. The summed E-state index contributed by atoms with van der Waals surface area (Å²) in [6.45, 7) is 5.27. The molecule has 0 radical (unpaired) electrons. The van der Waals surface area contributed by atoms with E-state index in [9.17, 15) is 37.2 Å². The molecule has 320 valence electrons. The molecule has 0 aromatic heterocycles. The minimum Gasteiger partial charge on any atom is -0.464 e. The van der Waals surface area contributed by atoms with Crippen molar-refractivity contribution in [2.75, 3.05) is 82.8 Å². The fourth-order valence-electron chi connectivity index (χ4n) is 5.89. The maximum atomic E-state index is 12.6. The highest BCUT2D eigenvalue weighted by atomic mass is 32.2. The van der Waals surface area contributed by atoms with E-state index in [0.717, 1.165) is 6.26 Å². The zero-order valence-electron chi connectivity index (χ0n) is 32.9. The minimum absolute atomic E-state index is 0.124. The molecule has 2 aromatic rings. The van der Waals surface area contributed by atoms with Gasteiger partial charge in [-0.25, -0.2) is 24.0 Å². The summed E-state index contributed by atoms with van der Waals surface area (Å²) >= 11 is 0. The Balaban J connectivity index is 0.000000273. The van der Waals surface area contributed by atoms with Crippen LogP contribution in [0.5, 0.6) is 0 Å². The van der Waals surface area contributed by atoms with Gasteiger partial charge in [0, 0.05) is 42.1 Å². The Morgan fingerprint density at radius 3 is 1.73 bits per heavy atom. The normalized spacial score (nSPS) is 18.5. The number of amides is 5. The monoisotopic (exact) mass is 846 g/mol. The van der Waals surface area contributed by atoms with Gasteiger partial charge in [-0.3, -0.25) is 45.1 Å². The Bertz CT molecular complexity index is 2020. The second-order valence-electron chi connectivity index (χ2n) is 13.0. The summed E-state index contributed by atoms with van der Waals surface area (Å²) in [5.41, 5.74) is 1.96. The number of carbonyl (C=O) groups is 6. The van der Waals surface area contributed by atoms with Crippen LogP contribution in [0.3, 0.4) is 0 Å². The number of carbonyl (C=O) groups excluding carboxylic acids is 6. The number of nitrogens with zero attached hydrogens (tertiary/aromatic N) is 4. The number of benzene rings is 2. The number of esters is 1. The van der Waals surface area contributed by atoms with Gasteiger partial charge >= 0.3 is 30.3 Å². The van der Waals surface area contributed by atoms with Crippen molar-refractivity contribution in [2.24, 2.45) is 0 Å². The molecular weight excluding hydrogens is 801 g/mol. The van der Waals surface area contributed by atoms with Gasteiger partial charge in [0.1, 0.15) is 36.5 Å². The fraction of sp³-hybridized carbons (Fsp3) is 0.444. The molecule has 3 atom stereocenters.